The van der Waals surface area contributed by atoms with Gasteiger partial charge in [-0.1, -0.05) is 18.2 Å². The number of fused-ring (bicyclic) bond motifs is 2. The molecule has 1 N–H and O–H groups in total. The Morgan fingerprint density at radius 3 is 3.04 bits per heavy atom. The summed E-state index contributed by atoms with van der Waals surface area (Å²) in [5.74, 6) is 0.392. The van der Waals surface area contributed by atoms with Gasteiger partial charge in [-0.2, -0.15) is 0 Å². The summed E-state index contributed by atoms with van der Waals surface area (Å²) in [5, 5.41) is 3.07. The van der Waals surface area contributed by atoms with Gasteiger partial charge >= 0.3 is 5.97 Å². The minimum atomic E-state index is -1.17. The van der Waals surface area contributed by atoms with Crippen molar-refractivity contribution in [2.45, 2.75) is 51.3 Å². The number of aromatic nitrogens is 2. The molecule has 2 atom stereocenters. The molecule has 3 heterocycles. The van der Waals surface area contributed by atoms with Crippen LogP contribution in [0, 0.1) is 6.92 Å². The predicted molar refractivity (Wildman–Crippen MR) is 91.2 cm³/mol. The Morgan fingerprint density at radius 2 is 2.20 bits per heavy atom. The third kappa shape index (κ3) is 2.81. The van der Waals surface area contributed by atoms with Crippen LogP contribution in [0.5, 0.6) is 0 Å². The van der Waals surface area contributed by atoms with Crippen LogP contribution in [0.2, 0.25) is 0 Å². The highest BCUT2D eigenvalue weighted by molar-refractivity contribution is 5.97. The molecular weight excluding hydrogens is 318 g/mol. The summed E-state index contributed by atoms with van der Waals surface area (Å²) >= 11 is 0. The van der Waals surface area contributed by atoms with Gasteiger partial charge in [-0.15, -0.1) is 0 Å². The zero-order valence-electron chi connectivity index (χ0n) is 14.4. The lowest BCUT2D eigenvalue weighted by Crippen LogP contribution is -2.55. The normalized spacial score (nSPS) is 24.9. The molecule has 6 heteroatoms. The molecule has 2 aromatic rings. The Morgan fingerprint density at radius 1 is 1.40 bits per heavy atom. The minimum absolute atomic E-state index is 0.0151. The SMILES string of the molecule is Cc1cn2c(n1)CC[C@@H](NC(=O)[C@]1(C)Cc3ccccc3C(=O)O1)C2. The second-order valence-corrected chi connectivity index (χ2v) is 7.11. The van der Waals surface area contributed by atoms with E-state index in [0.29, 0.717) is 18.5 Å². The number of nitrogens with zero attached hydrogens (tertiary/aromatic N) is 2. The van der Waals surface area contributed by atoms with Gasteiger partial charge in [-0.3, -0.25) is 4.79 Å². The molecule has 0 saturated carbocycles. The van der Waals surface area contributed by atoms with E-state index in [-0.39, 0.29) is 11.9 Å². The standard InChI is InChI=1S/C19H21N3O3/c1-12-10-22-11-14(7-8-16(22)20-12)21-18(24)19(2)9-13-5-3-4-6-15(13)17(23)25-19/h3-6,10,14H,7-9,11H2,1-2H3,(H,21,24)/t14-,19+/m1/s1. The van der Waals surface area contributed by atoms with Crippen LogP contribution >= 0.6 is 0 Å². The lowest BCUT2D eigenvalue weighted by Gasteiger charge is -2.35. The lowest BCUT2D eigenvalue weighted by molar-refractivity contribution is -0.140. The Balaban J connectivity index is 1.49. The monoisotopic (exact) mass is 339 g/mol. The average Bonchev–Trinajstić information content (AvgIpc) is 2.94. The molecule has 6 nitrogen and oxygen atoms in total. The van der Waals surface area contributed by atoms with Crippen LogP contribution < -0.4 is 5.32 Å². The van der Waals surface area contributed by atoms with Crippen molar-refractivity contribution in [3.8, 4) is 0 Å². The maximum absolute atomic E-state index is 12.8. The van der Waals surface area contributed by atoms with Gasteiger partial charge in [0.25, 0.3) is 5.91 Å². The molecule has 25 heavy (non-hydrogen) atoms. The fraction of sp³-hybridized carbons (Fsp3) is 0.421. The van der Waals surface area contributed by atoms with Crippen LogP contribution in [-0.4, -0.2) is 33.1 Å². The first-order chi connectivity index (χ1) is 11.9. The van der Waals surface area contributed by atoms with Crippen LogP contribution in [0.1, 0.15) is 40.8 Å². The third-order valence-electron chi connectivity index (χ3n) is 5.01. The number of hydrogen-bond donors (Lipinski definition) is 1. The first-order valence-corrected chi connectivity index (χ1v) is 8.59. The zero-order valence-corrected chi connectivity index (χ0v) is 14.4. The lowest BCUT2D eigenvalue weighted by atomic mass is 9.89. The van der Waals surface area contributed by atoms with Gasteiger partial charge in [0.2, 0.25) is 0 Å². The molecule has 0 saturated heterocycles. The van der Waals surface area contributed by atoms with E-state index in [1.807, 2.05) is 25.3 Å². The molecule has 4 rings (SSSR count). The topological polar surface area (TPSA) is 73.2 Å². The zero-order chi connectivity index (χ0) is 17.6. The average molecular weight is 339 g/mol. The number of carbonyl (C=O) groups excluding carboxylic acids is 2. The summed E-state index contributed by atoms with van der Waals surface area (Å²) in [7, 11) is 0. The molecular formula is C19H21N3O3. The molecule has 2 aliphatic heterocycles. The fourth-order valence-electron chi connectivity index (χ4n) is 3.70. The Kier molecular flexibility index (Phi) is 3.63. The summed E-state index contributed by atoms with van der Waals surface area (Å²) in [6.45, 7) is 4.35. The van der Waals surface area contributed by atoms with E-state index in [0.717, 1.165) is 29.9 Å². The van der Waals surface area contributed by atoms with E-state index in [9.17, 15) is 9.59 Å². The van der Waals surface area contributed by atoms with Crippen molar-refractivity contribution in [2.24, 2.45) is 0 Å². The molecule has 0 radical (unpaired) electrons. The number of benzene rings is 1. The van der Waals surface area contributed by atoms with E-state index < -0.39 is 11.6 Å². The van der Waals surface area contributed by atoms with Crippen LogP contribution in [-0.2, 0) is 28.9 Å². The van der Waals surface area contributed by atoms with Crippen molar-refractivity contribution < 1.29 is 14.3 Å². The number of amides is 1. The van der Waals surface area contributed by atoms with Gasteiger partial charge in [0.1, 0.15) is 5.82 Å². The van der Waals surface area contributed by atoms with Crippen LogP contribution in [0.4, 0.5) is 0 Å². The van der Waals surface area contributed by atoms with Gasteiger partial charge < -0.3 is 14.6 Å². The number of cyclic esters (lactones) is 1. The van der Waals surface area contributed by atoms with E-state index in [4.69, 9.17) is 4.74 Å². The number of hydrogen-bond acceptors (Lipinski definition) is 4. The van der Waals surface area contributed by atoms with E-state index in [2.05, 4.69) is 14.9 Å². The van der Waals surface area contributed by atoms with Crippen molar-refractivity contribution in [3.63, 3.8) is 0 Å². The van der Waals surface area contributed by atoms with Gasteiger partial charge in [-0.25, -0.2) is 9.78 Å². The van der Waals surface area contributed by atoms with Crippen molar-refractivity contribution in [2.75, 3.05) is 0 Å². The highest BCUT2D eigenvalue weighted by Gasteiger charge is 2.43. The Labute approximate surface area is 146 Å². The number of aryl methyl sites for hydroxylation is 2. The summed E-state index contributed by atoms with van der Waals surface area (Å²) in [5.41, 5.74) is 1.22. The number of rotatable bonds is 2. The van der Waals surface area contributed by atoms with Crippen molar-refractivity contribution >= 4 is 11.9 Å². The molecule has 0 spiro atoms. The number of carbonyl (C=O) groups is 2. The predicted octanol–water partition coefficient (Wildman–Crippen LogP) is 1.79. The van der Waals surface area contributed by atoms with Crippen molar-refractivity contribution in [1.82, 2.24) is 14.9 Å². The first-order valence-electron chi connectivity index (χ1n) is 8.59. The number of imidazole rings is 1. The molecule has 0 bridgehead atoms. The number of esters is 1. The quantitative estimate of drug-likeness (QED) is 0.847. The minimum Gasteiger partial charge on any atom is -0.445 e. The van der Waals surface area contributed by atoms with Crippen molar-refractivity contribution in [3.05, 3.63) is 53.1 Å². The highest BCUT2D eigenvalue weighted by Crippen LogP contribution is 2.28. The maximum atomic E-state index is 12.8. The molecule has 1 aromatic carbocycles. The van der Waals surface area contributed by atoms with Crippen molar-refractivity contribution in [1.29, 1.82) is 0 Å². The van der Waals surface area contributed by atoms with E-state index in [1.165, 1.54) is 0 Å². The van der Waals surface area contributed by atoms with Gasteiger partial charge in [0, 0.05) is 31.6 Å². The first kappa shape index (κ1) is 15.9. The number of nitrogens with one attached hydrogen (secondary N) is 1. The summed E-state index contributed by atoms with van der Waals surface area (Å²) in [6.07, 6.45) is 4.07. The molecule has 1 amide bonds. The summed E-state index contributed by atoms with van der Waals surface area (Å²) < 4.78 is 7.60. The molecule has 2 aliphatic rings. The van der Waals surface area contributed by atoms with Gasteiger partial charge in [0.15, 0.2) is 5.60 Å². The Hall–Kier alpha value is -2.63. The molecule has 0 aliphatic carbocycles. The van der Waals surface area contributed by atoms with Crippen LogP contribution in [0.25, 0.3) is 0 Å². The largest absolute Gasteiger partial charge is 0.445 e. The summed E-state index contributed by atoms with van der Waals surface area (Å²) in [4.78, 5) is 29.6. The molecule has 1 aromatic heterocycles. The third-order valence-corrected chi connectivity index (χ3v) is 5.01. The second-order valence-electron chi connectivity index (χ2n) is 7.11. The smallest absolute Gasteiger partial charge is 0.339 e. The van der Waals surface area contributed by atoms with E-state index >= 15 is 0 Å². The maximum Gasteiger partial charge on any atom is 0.339 e. The van der Waals surface area contributed by atoms with Crippen LogP contribution in [0.15, 0.2) is 30.5 Å². The highest BCUT2D eigenvalue weighted by atomic mass is 16.6. The second kappa shape index (κ2) is 5.72. The molecule has 130 valence electrons. The van der Waals surface area contributed by atoms with Gasteiger partial charge in [-0.05, 0) is 31.9 Å². The molecule has 0 fully saturated rings. The van der Waals surface area contributed by atoms with Gasteiger partial charge in [0.05, 0.1) is 11.3 Å². The number of ether oxygens (including phenoxy) is 1. The summed E-state index contributed by atoms with van der Waals surface area (Å²) in [6, 6.07) is 7.30. The fourth-order valence-corrected chi connectivity index (χ4v) is 3.70. The van der Waals surface area contributed by atoms with Crippen LogP contribution in [0.3, 0.4) is 0 Å². The molecule has 0 unspecified atom stereocenters. The Bertz CT molecular complexity index is 857. The van der Waals surface area contributed by atoms with E-state index in [1.54, 1.807) is 19.1 Å².